The van der Waals surface area contributed by atoms with Crippen LogP contribution in [0.1, 0.15) is 11.1 Å². The lowest BCUT2D eigenvalue weighted by Gasteiger charge is -2.06. The highest BCUT2D eigenvalue weighted by Gasteiger charge is 2.07. The van der Waals surface area contributed by atoms with Gasteiger partial charge in [-0.1, -0.05) is 30.3 Å². The van der Waals surface area contributed by atoms with Crippen LogP contribution in [0, 0.1) is 0 Å². The number of benzene rings is 2. The Hall–Kier alpha value is -1.66. The number of carbonyl (C=O) groups excluding carboxylic acids is 1. The molecule has 2 rings (SSSR count). The lowest BCUT2D eigenvalue weighted by atomic mass is 10.1. The summed E-state index contributed by atoms with van der Waals surface area (Å²) in [5, 5.41) is 3.97. The molecule has 4 nitrogen and oxygen atoms in total. The number of ether oxygens (including phenoxy) is 1. The third-order valence-corrected chi connectivity index (χ3v) is 4.01. The van der Waals surface area contributed by atoms with E-state index < -0.39 is 0 Å². The maximum atomic E-state index is 11.8. The van der Waals surface area contributed by atoms with Gasteiger partial charge in [-0.05, 0) is 55.1 Å². The highest BCUT2D eigenvalue weighted by Crippen LogP contribution is 2.33. The van der Waals surface area contributed by atoms with Crippen molar-refractivity contribution < 1.29 is 9.53 Å². The van der Waals surface area contributed by atoms with Crippen LogP contribution < -0.4 is 10.2 Å². The largest absolute Gasteiger partial charge is 0.494 e. The van der Waals surface area contributed by atoms with Crippen molar-refractivity contribution >= 4 is 44.0 Å². The smallest absolute Gasteiger partial charge is 0.244 e. The minimum atomic E-state index is -0.158. The zero-order valence-electron chi connectivity index (χ0n) is 11.8. The van der Waals surface area contributed by atoms with Gasteiger partial charge in [0.25, 0.3) is 0 Å². The summed E-state index contributed by atoms with van der Waals surface area (Å²) in [6, 6.07) is 13.2. The van der Waals surface area contributed by atoms with Gasteiger partial charge >= 0.3 is 0 Å². The molecule has 2 aromatic carbocycles. The second-order valence-corrected chi connectivity index (χ2v) is 6.18. The van der Waals surface area contributed by atoms with Crippen molar-refractivity contribution in [2.75, 3.05) is 7.11 Å². The number of rotatable bonds is 5. The number of methoxy groups -OCH3 is 1. The summed E-state index contributed by atoms with van der Waals surface area (Å²) in [5.74, 6) is 0.555. The molecule has 2 aromatic rings. The number of nitrogens with zero attached hydrogens (tertiary/aromatic N) is 1. The average Bonchev–Trinajstić information content (AvgIpc) is 2.48. The van der Waals surface area contributed by atoms with Crippen molar-refractivity contribution in [3.63, 3.8) is 0 Å². The fourth-order valence-electron chi connectivity index (χ4n) is 1.85. The molecule has 0 spiro atoms. The summed E-state index contributed by atoms with van der Waals surface area (Å²) in [6.07, 6.45) is 1.88. The molecule has 0 bridgehead atoms. The summed E-state index contributed by atoms with van der Waals surface area (Å²) in [4.78, 5) is 11.8. The molecule has 0 fully saturated rings. The molecule has 22 heavy (non-hydrogen) atoms. The Labute approximate surface area is 145 Å². The van der Waals surface area contributed by atoms with Crippen LogP contribution in [0.25, 0.3) is 0 Å². The molecular weight excluding hydrogens is 412 g/mol. The van der Waals surface area contributed by atoms with Crippen LogP contribution >= 0.6 is 31.9 Å². The molecule has 0 unspecified atom stereocenters. The van der Waals surface area contributed by atoms with Crippen LogP contribution in [-0.4, -0.2) is 19.2 Å². The van der Waals surface area contributed by atoms with Crippen LogP contribution in [0.4, 0.5) is 0 Å². The standard InChI is InChI=1S/C16H14Br2N2O2/c1-22-16-13(17)7-12(8-14(16)18)10-19-20-15(21)9-11-5-3-2-4-6-11/h2-8,10H,9H2,1H3,(H,20,21)/b19-10-. The van der Waals surface area contributed by atoms with E-state index in [2.05, 4.69) is 42.4 Å². The normalized spacial score (nSPS) is 10.7. The summed E-state index contributed by atoms with van der Waals surface area (Å²) in [5.41, 5.74) is 4.30. The van der Waals surface area contributed by atoms with E-state index >= 15 is 0 Å². The monoisotopic (exact) mass is 424 g/mol. The van der Waals surface area contributed by atoms with E-state index in [1.807, 2.05) is 42.5 Å². The number of hydrogen-bond acceptors (Lipinski definition) is 3. The zero-order chi connectivity index (χ0) is 15.9. The quantitative estimate of drug-likeness (QED) is 0.583. The molecule has 0 radical (unpaired) electrons. The molecule has 114 valence electrons. The molecular formula is C16H14Br2N2O2. The molecule has 0 aliphatic rings. The Kier molecular flexibility index (Phi) is 6.15. The van der Waals surface area contributed by atoms with Gasteiger partial charge in [0.2, 0.25) is 5.91 Å². The second-order valence-electron chi connectivity index (χ2n) is 4.47. The minimum absolute atomic E-state index is 0.158. The van der Waals surface area contributed by atoms with E-state index in [9.17, 15) is 4.79 Å². The van der Waals surface area contributed by atoms with E-state index in [4.69, 9.17) is 4.74 Å². The molecule has 0 saturated carbocycles. The average molecular weight is 426 g/mol. The first-order chi connectivity index (χ1) is 10.6. The van der Waals surface area contributed by atoms with Crippen molar-refractivity contribution in [1.82, 2.24) is 5.43 Å². The van der Waals surface area contributed by atoms with Crippen molar-refractivity contribution in [1.29, 1.82) is 0 Å². The number of halogens is 2. The van der Waals surface area contributed by atoms with Crippen LogP contribution in [0.5, 0.6) is 5.75 Å². The maximum absolute atomic E-state index is 11.8. The first-order valence-electron chi connectivity index (χ1n) is 6.49. The van der Waals surface area contributed by atoms with Gasteiger partial charge in [0.05, 0.1) is 28.7 Å². The van der Waals surface area contributed by atoms with Gasteiger partial charge in [0, 0.05) is 0 Å². The number of carbonyl (C=O) groups is 1. The molecule has 0 atom stereocenters. The summed E-state index contributed by atoms with van der Waals surface area (Å²) in [6.45, 7) is 0. The van der Waals surface area contributed by atoms with Crippen LogP contribution in [-0.2, 0) is 11.2 Å². The fraction of sp³-hybridized carbons (Fsp3) is 0.125. The third-order valence-electron chi connectivity index (χ3n) is 2.84. The predicted molar refractivity (Wildman–Crippen MR) is 94.3 cm³/mol. The lowest BCUT2D eigenvalue weighted by molar-refractivity contribution is -0.120. The molecule has 0 aliphatic heterocycles. The van der Waals surface area contributed by atoms with Gasteiger partial charge in [-0.25, -0.2) is 5.43 Å². The number of nitrogens with one attached hydrogen (secondary N) is 1. The van der Waals surface area contributed by atoms with Crippen LogP contribution in [0.2, 0.25) is 0 Å². The molecule has 0 saturated heterocycles. The van der Waals surface area contributed by atoms with E-state index in [1.165, 1.54) is 0 Å². The van der Waals surface area contributed by atoms with Gasteiger partial charge in [-0.2, -0.15) is 5.10 Å². The number of amides is 1. The van der Waals surface area contributed by atoms with E-state index in [1.54, 1.807) is 13.3 Å². The van der Waals surface area contributed by atoms with Gasteiger partial charge in [-0.15, -0.1) is 0 Å². The SMILES string of the molecule is COc1c(Br)cc(/C=N\NC(=O)Cc2ccccc2)cc1Br. The predicted octanol–water partition coefficient (Wildman–Crippen LogP) is 3.91. The van der Waals surface area contributed by atoms with Crippen molar-refractivity contribution in [3.8, 4) is 5.75 Å². The van der Waals surface area contributed by atoms with Crippen LogP contribution in [0.3, 0.4) is 0 Å². The first kappa shape index (κ1) is 16.7. The lowest BCUT2D eigenvalue weighted by Crippen LogP contribution is -2.19. The highest BCUT2D eigenvalue weighted by atomic mass is 79.9. The molecule has 1 N–H and O–H groups in total. The summed E-state index contributed by atoms with van der Waals surface area (Å²) in [7, 11) is 1.60. The fourth-order valence-corrected chi connectivity index (χ4v) is 3.39. The highest BCUT2D eigenvalue weighted by molar-refractivity contribution is 9.11. The van der Waals surface area contributed by atoms with E-state index in [-0.39, 0.29) is 5.91 Å². The van der Waals surface area contributed by atoms with Gasteiger partial charge < -0.3 is 4.74 Å². The van der Waals surface area contributed by atoms with Gasteiger partial charge in [-0.3, -0.25) is 4.79 Å². The molecule has 0 aromatic heterocycles. The van der Waals surface area contributed by atoms with E-state index in [0.717, 1.165) is 20.1 Å². The Morgan fingerprint density at radius 1 is 1.23 bits per heavy atom. The molecule has 0 heterocycles. The molecule has 0 aliphatic carbocycles. The van der Waals surface area contributed by atoms with Gasteiger partial charge in [0.1, 0.15) is 5.75 Å². The zero-order valence-corrected chi connectivity index (χ0v) is 15.0. The number of hydrazone groups is 1. The number of hydrogen-bond donors (Lipinski definition) is 1. The molecule has 1 amide bonds. The minimum Gasteiger partial charge on any atom is -0.494 e. The Morgan fingerprint density at radius 3 is 2.45 bits per heavy atom. The van der Waals surface area contributed by atoms with Crippen molar-refractivity contribution in [3.05, 3.63) is 62.5 Å². The van der Waals surface area contributed by atoms with Crippen molar-refractivity contribution in [2.24, 2.45) is 5.10 Å². The molecule has 6 heteroatoms. The second kappa shape index (κ2) is 8.10. The Balaban J connectivity index is 1.96. The Bertz CT molecular complexity index is 665. The van der Waals surface area contributed by atoms with Crippen LogP contribution in [0.15, 0.2) is 56.5 Å². The first-order valence-corrected chi connectivity index (χ1v) is 8.07. The summed E-state index contributed by atoms with van der Waals surface area (Å²) < 4.78 is 6.85. The maximum Gasteiger partial charge on any atom is 0.244 e. The van der Waals surface area contributed by atoms with E-state index in [0.29, 0.717) is 12.2 Å². The summed E-state index contributed by atoms with van der Waals surface area (Å²) >= 11 is 6.84. The Morgan fingerprint density at radius 2 is 1.86 bits per heavy atom. The van der Waals surface area contributed by atoms with Crippen molar-refractivity contribution in [2.45, 2.75) is 6.42 Å². The third kappa shape index (κ3) is 4.68. The topological polar surface area (TPSA) is 50.7 Å². The van der Waals surface area contributed by atoms with Gasteiger partial charge in [0.15, 0.2) is 0 Å².